The zero-order valence-electron chi connectivity index (χ0n) is 36.0. The predicted molar refractivity (Wildman–Crippen MR) is 229 cm³/mol. The maximum absolute atomic E-state index is 11.5. The highest BCUT2D eigenvalue weighted by atomic mass is 16.3. The molecule has 0 radical (unpaired) electrons. The fraction of sp³-hybridized carbons (Fsp3) is 0.520. The Hall–Kier alpha value is -3.72. The van der Waals surface area contributed by atoms with Gasteiger partial charge in [-0.3, -0.25) is 0 Å². The molecule has 0 fully saturated rings. The van der Waals surface area contributed by atoms with Crippen LogP contribution in [0.1, 0.15) is 166 Å². The van der Waals surface area contributed by atoms with E-state index in [0.717, 1.165) is 40.8 Å². The number of aromatic hydroxyl groups is 2. The Morgan fingerprint density at radius 2 is 0.906 bits per heavy atom. The Bertz CT molecular complexity index is 1780. The molecular weight excluding hydrogens is 647 g/mol. The van der Waals surface area contributed by atoms with Gasteiger partial charge in [-0.25, -0.2) is 0 Å². The highest BCUT2D eigenvalue weighted by molar-refractivity contribution is 5.55. The van der Waals surface area contributed by atoms with Gasteiger partial charge >= 0.3 is 0 Å². The maximum Gasteiger partial charge on any atom is 0.123 e. The molecule has 0 spiro atoms. The lowest BCUT2D eigenvalue weighted by molar-refractivity contribution is 0.306. The minimum Gasteiger partial charge on any atom is -0.507 e. The second-order valence-corrected chi connectivity index (χ2v) is 20.6. The molecule has 2 N–H and O–H groups in total. The van der Waals surface area contributed by atoms with Crippen LogP contribution >= 0.6 is 0 Å². The van der Waals surface area contributed by atoms with Crippen LogP contribution in [0.5, 0.6) is 11.5 Å². The van der Waals surface area contributed by atoms with Crippen molar-refractivity contribution in [2.75, 3.05) is 4.90 Å². The summed E-state index contributed by atoms with van der Waals surface area (Å²) in [6.07, 6.45) is 3.24. The van der Waals surface area contributed by atoms with Gasteiger partial charge in [0, 0.05) is 18.8 Å². The number of rotatable bonds is 11. The summed E-state index contributed by atoms with van der Waals surface area (Å²) < 4.78 is 0. The topological polar surface area (TPSA) is 43.7 Å². The van der Waals surface area contributed by atoms with Crippen LogP contribution in [-0.2, 0) is 42.2 Å². The lowest BCUT2D eigenvalue weighted by atomic mass is 9.78. The van der Waals surface area contributed by atoms with E-state index in [-0.39, 0.29) is 22.2 Å². The van der Waals surface area contributed by atoms with Crippen LogP contribution in [0.15, 0.2) is 72.8 Å². The Morgan fingerprint density at radius 3 is 1.32 bits per heavy atom. The molecule has 4 aromatic rings. The molecule has 3 heteroatoms. The van der Waals surface area contributed by atoms with Crippen LogP contribution in [-0.4, -0.2) is 10.2 Å². The molecule has 1 unspecified atom stereocenters. The van der Waals surface area contributed by atoms with Gasteiger partial charge in [-0.2, -0.15) is 0 Å². The van der Waals surface area contributed by atoms with Gasteiger partial charge in [0.1, 0.15) is 11.5 Å². The van der Waals surface area contributed by atoms with Crippen molar-refractivity contribution in [2.24, 2.45) is 11.3 Å². The number of hydrogen-bond acceptors (Lipinski definition) is 3. The van der Waals surface area contributed by atoms with Crippen LogP contribution < -0.4 is 4.90 Å². The van der Waals surface area contributed by atoms with E-state index in [1.165, 1.54) is 34.2 Å². The predicted octanol–water partition coefficient (Wildman–Crippen LogP) is 13.5. The first kappa shape index (κ1) is 42.0. The molecule has 0 aliphatic carbocycles. The third-order valence-corrected chi connectivity index (χ3v) is 10.4. The van der Waals surface area contributed by atoms with Crippen LogP contribution in [0.3, 0.4) is 0 Å². The average molecular weight is 718 g/mol. The fourth-order valence-corrected chi connectivity index (χ4v) is 7.80. The molecule has 0 aliphatic heterocycles. The van der Waals surface area contributed by atoms with Crippen molar-refractivity contribution >= 4 is 5.69 Å². The van der Waals surface area contributed by atoms with Crippen molar-refractivity contribution < 1.29 is 10.2 Å². The first-order valence-corrected chi connectivity index (χ1v) is 20.0. The van der Waals surface area contributed by atoms with Crippen LogP contribution in [0.2, 0.25) is 0 Å². The average Bonchev–Trinajstić information content (AvgIpc) is 3.00. The molecule has 0 aliphatic rings. The normalized spacial score (nSPS) is 13.4. The lowest BCUT2D eigenvalue weighted by Gasteiger charge is -2.31. The summed E-state index contributed by atoms with van der Waals surface area (Å²) >= 11 is 0. The van der Waals surface area contributed by atoms with Gasteiger partial charge in [-0.15, -0.1) is 0 Å². The highest BCUT2D eigenvalue weighted by Gasteiger charge is 2.28. The molecule has 0 bridgehead atoms. The summed E-state index contributed by atoms with van der Waals surface area (Å²) in [5, 5.41) is 22.8. The van der Waals surface area contributed by atoms with Gasteiger partial charge in [0.05, 0.1) is 0 Å². The molecule has 53 heavy (non-hydrogen) atoms. The Kier molecular flexibility index (Phi) is 12.6. The molecule has 0 heterocycles. The van der Waals surface area contributed by atoms with Crippen LogP contribution in [0.25, 0.3) is 0 Å². The van der Waals surface area contributed by atoms with E-state index < -0.39 is 0 Å². The van der Waals surface area contributed by atoms with Gasteiger partial charge in [0.2, 0.25) is 0 Å². The highest BCUT2D eigenvalue weighted by Crippen LogP contribution is 2.41. The molecular formula is C50H71NO2. The summed E-state index contributed by atoms with van der Waals surface area (Å²) in [6.45, 7) is 34.6. The van der Waals surface area contributed by atoms with Crippen molar-refractivity contribution in [2.45, 2.75) is 158 Å². The Labute approximate surface area is 323 Å². The smallest absolute Gasteiger partial charge is 0.123 e. The summed E-state index contributed by atoms with van der Waals surface area (Å²) in [4.78, 5) is 2.45. The second-order valence-electron chi connectivity index (χ2n) is 20.6. The molecule has 4 aromatic carbocycles. The quantitative estimate of drug-likeness (QED) is 0.162. The second kappa shape index (κ2) is 15.9. The van der Waals surface area contributed by atoms with Crippen molar-refractivity contribution in [3.8, 4) is 11.5 Å². The number of anilines is 1. The van der Waals surface area contributed by atoms with E-state index in [1.54, 1.807) is 0 Å². The largest absolute Gasteiger partial charge is 0.507 e. The van der Waals surface area contributed by atoms with Gasteiger partial charge in [0.25, 0.3) is 0 Å². The standard InChI is InChI=1S/C50H71NO2/c1-33(2)41-26-38(27-42(45(41)52)48(7,8)9)31-51(32-39-28-43(49(10,11)12)46(53)44(29-39)50(13,14)15)40-22-20-37(21-23-40)25-36-18-16-35(17-19-36)24-34(3)30-47(4,5)6/h16-23,26-29,33-34,52-53H,24-25,30-32H2,1-15H3. The van der Waals surface area contributed by atoms with E-state index in [4.69, 9.17) is 0 Å². The van der Waals surface area contributed by atoms with Gasteiger partial charge in [0.15, 0.2) is 0 Å². The van der Waals surface area contributed by atoms with Gasteiger partial charge in [-0.05, 0) is 133 Å². The van der Waals surface area contributed by atoms with Crippen molar-refractivity contribution in [1.29, 1.82) is 0 Å². The third-order valence-electron chi connectivity index (χ3n) is 10.4. The Morgan fingerprint density at radius 1 is 0.509 bits per heavy atom. The van der Waals surface area contributed by atoms with Crippen LogP contribution in [0, 0.1) is 11.3 Å². The van der Waals surface area contributed by atoms with Crippen LogP contribution in [0.4, 0.5) is 5.69 Å². The summed E-state index contributed by atoms with van der Waals surface area (Å²) in [6, 6.07) is 27.1. The minimum atomic E-state index is -0.208. The van der Waals surface area contributed by atoms with E-state index in [0.29, 0.717) is 35.9 Å². The molecule has 288 valence electrons. The zero-order valence-corrected chi connectivity index (χ0v) is 36.0. The number of benzene rings is 4. The lowest BCUT2D eigenvalue weighted by Crippen LogP contribution is -2.24. The minimum absolute atomic E-state index is 0.195. The maximum atomic E-state index is 11.5. The molecule has 4 rings (SSSR count). The molecule has 0 saturated heterocycles. The van der Waals surface area contributed by atoms with Crippen molar-refractivity contribution in [1.82, 2.24) is 0 Å². The zero-order chi connectivity index (χ0) is 39.7. The first-order chi connectivity index (χ1) is 24.3. The fourth-order valence-electron chi connectivity index (χ4n) is 7.80. The molecule has 0 amide bonds. The summed E-state index contributed by atoms with van der Waals surface area (Å²) in [5.41, 5.74) is 11.2. The van der Waals surface area contributed by atoms with E-state index in [1.807, 2.05) is 0 Å². The van der Waals surface area contributed by atoms with Gasteiger partial charge in [-0.1, -0.05) is 146 Å². The monoisotopic (exact) mass is 718 g/mol. The number of nitrogens with zero attached hydrogens (tertiary/aromatic N) is 1. The molecule has 3 nitrogen and oxygen atoms in total. The molecule has 0 saturated carbocycles. The SMILES string of the molecule is CC(Cc1ccc(Cc2ccc(N(Cc3cc(C(C)C)c(O)c(C(C)(C)C)c3)Cc3cc(C(C)(C)C)c(O)c(C(C)(C)C)c3)cc2)cc1)CC(C)(C)C. The van der Waals surface area contributed by atoms with Crippen molar-refractivity contribution in [3.63, 3.8) is 0 Å². The molecule has 0 aromatic heterocycles. The third kappa shape index (κ3) is 11.4. The number of phenolic OH excluding ortho intramolecular Hbond substituents is 2. The van der Waals surface area contributed by atoms with E-state index in [9.17, 15) is 10.2 Å². The van der Waals surface area contributed by atoms with Crippen molar-refractivity contribution in [3.05, 3.63) is 123 Å². The van der Waals surface area contributed by atoms with E-state index >= 15 is 0 Å². The van der Waals surface area contributed by atoms with E-state index in [2.05, 4.69) is 182 Å². The summed E-state index contributed by atoms with van der Waals surface area (Å²) in [5.74, 6) is 1.69. The number of hydrogen-bond donors (Lipinski definition) is 2. The van der Waals surface area contributed by atoms with Gasteiger partial charge < -0.3 is 15.1 Å². The number of phenols is 2. The first-order valence-electron chi connectivity index (χ1n) is 20.0. The summed E-state index contributed by atoms with van der Waals surface area (Å²) in [7, 11) is 0. The molecule has 1 atom stereocenters. The Balaban J connectivity index is 1.71.